The van der Waals surface area contributed by atoms with Crippen molar-refractivity contribution in [2.24, 2.45) is 5.92 Å². The van der Waals surface area contributed by atoms with Crippen LogP contribution in [0.3, 0.4) is 0 Å². The number of nitrogens with one attached hydrogen (secondary N) is 1. The molecule has 1 fully saturated rings. The van der Waals surface area contributed by atoms with Crippen LogP contribution >= 0.6 is 0 Å². The average Bonchev–Trinajstić information content (AvgIpc) is 3.28. The third-order valence-electron chi connectivity index (χ3n) is 3.94. The van der Waals surface area contributed by atoms with Crippen molar-refractivity contribution in [3.8, 4) is 0 Å². The molecule has 2 atom stereocenters. The predicted molar refractivity (Wildman–Crippen MR) is 79.6 cm³/mol. The average molecular weight is 284 g/mol. The van der Waals surface area contributed by atoms with E-state index in [9.17, 15) is 14.9 Å². The van der Waals surface area contributed by atoms with Crippen LogP contribution in [0.25, 0.3) is 10.8 Å². The number of amides is 1. The summed E-state index contributed by atoms with van der Waals surface area (Å²) >= 11 is 0. The van der Waals surface area contributed by atoms with Gasteiger partial charge in [-0.3, -0.25) is 14.9 Å². The summed E-state index contributed by atoms with van der Waals surface area (Å²) in [6, 6.07) is 13.6. The van der Waals surface area contributed by atoms with Crippen molar-refractivity contribution in [2.75, 3.05) is 6.54 Å². The van der Waals surface area contributed by atoms with Gasteiger partial charge < -0.3 is 5.32 Å². The van der Waals surface area contributed by atoms with Gasteiger partial charge in [-0.05, 0) is 22.8 Å². The third kappa shape index (κ3) is 2.86. The smallest absolute Gasteiger partial charge is 0.230 e. The normalized spacial score (nSPS) is 20.2. The number of rotatable bonds is 5. The fourth-order valence-corrected chi connectivity index (χ4v) is 2.66. The van der Waals surface area contributed by atoms with E-state index in [1.807, 2.05) is 24.3 Å². The Kier molecular flexibility index (Phi) is 3.56. The number of hydrogen-bond donors (Lipinski definition) is 1. The second-order valence-corrected chi connectivity index (χ2v) is 5.37. The third-order valence-corrected chi connectivity index (χ3v) is 3.94. The van der Waals surface area contributed by atoms with Gasteiger partial charge in [0.05, 0.1) is 0 Å². The van der Waals surface area contributed by atoms with Crippen LogP contribution in [0.1, 0.15) is 12.0 Å². The molecule has 108 valence electrons. The lowest BCUT2D eigenvalue weighted by Crippen LogP contribution is -2.29. The Balaban J connectivity index is 1.58. The fraction of sp³-hybridized carbons (Fsp3) is 0.312. The van der Waals surface area contributed by atoms with E-state index in [1.165, 1.54) is 16.3 Å². The van der Waals surface area contributed by atoms with Crippen molar-refractivity contribution < 1.29 is 9.72 Å². The van der Waals surface area contributed by atoms with Crippen LogP contribution < -0.4 is 5.32 Å². The number of nitro groups is 1. The molecule has 21 heavy (non-hydrogen) atoms. The van der Waals surface area contributed by atoms with Crippen LogP contribution in [0, 0.1) is 16.0 Å². The van der Waals surface area contributed by atoms with Gasteiger partial charge in [-0.1, -0.05) is 42.5 Å². The SMILES string of the molecule is O=C(NCCc1cccc2ccccc12)[C@@H]1C[C@@H]1[N+](=O)[O-]. The highest BCUT2D eigenvalue weighted by Gasteiger charge is 2.53. The van der Waals surface area contributed by atoms with Crippen LogP contribution in [-0.4, -0.2) is 23.4 Å². The molecule has 5 heteroatoms. The second kappa shape index (κ2) is 5.52. The molecule has 1 aliphatic carbocycles. The second-order valence-electron chi connectivity index (χ2n) is 5.37. The lowest BCUT2D eigenvalue weighted by atomic mass is 10.0. The van der Waals surface area contributed by atoms with Crippen LogP contribution in [0.15, 0.2) is 42.5 Å². The van der Waals surface area contributed by atoms with Crippen molar-refractivity contribution in [1.29, 1.82) is 0 Å². The molecule has 3 rings (SSSR count). The number of carbonyl (C=O) groups is 1. The molecule has 1 aliphatic rings. The molecule has 2 aromatic carbocycles. The lowest BCUT2D eigenvalue weighted by Gasteiger charge is -2.07. The maximum Gasteiger partial charge on any atom is 0.230 e. The number of carbonyl (C=O) groups excluding carboxylic acids is 1. The maximum atomic E-state index is 11.8. The molecule has 1 N–H and O–H groups in total. The van der Waals surface area contributed by atoms with Crippen LogP contribution in [0.4, 0.5) is 0 Å². The number of nitrogens with zero attached hydrogens (tertiary/aromatic N) is 1. The monoisotopic (exact) mass is 284 g/mol. The maximum absolute atomic E-state index is 11.8. The summed E-state index contributed by atoms with van der Waals surface area (Å²) in [5.74, 6) is -0.635. The molecule has 1 amide bonds. The van der Waals surface area contributed by atoms with Crippen molar-refractivity contribution >= 4 is 16.7 Å². The highest BCUT2D eigenvalue weighted by Crippen LogP contribution is 2.32. The summed E-state index contributed by atoms with van der Waals surface area (Å²) in [4.78, 5) is 21.9. The molecule has 0 spiro atoms. The van der Waals surface area contributed by atoms with Gasteiger partial charge in [-0.2, -0.15) is 0 Å². The van der Waals surface area contributed by atoms with Gasteiger partial charge in [0.2, 0.25) is 11.9 Å². The van der Waals surface area contributed by atoms with Gasteiger partial charge >= 0.3 is 0 Å². The number of benzene rings is 2. The van der Waals surface area contributed by atoms with Gasteiger partial charge in [0, 0.05) is 17.9 Å². The molecule has 5 nitrogen and oxygen atoms in total. The highest BCUT2D eigenvalue weighted by atomic mass is 16.6. The van der Waals surface area contributed by atoms with Gasteiger partial charge in [-0.15, -0.1) is 0 Å². The zero-order valence-electron chi connectivity index (χ0n) is 11.5. The van der Waals surface area contributed by atoms with Crippen LogP contribution in [-0.2, 0) is 11.2 Å². The Morgan fingerprint density at radius 3 is 2.76 bits per heavy atom. The Hall–Kier alpha value is -2.43. The number of fused-ring (bicyclic) bond motifs is 1. The fourth-order valence-electron chi connectivity index (χ4n) is 2.66. The van der Waals surface area contributed by atoms with Crippen LogP contribution in [0.2, 0.25) is 0 Å². The molecular weight excluding hydrogens is 268 g/mol. The van der Waals surface area contributed by atoms with E-state index in [1.54, 1.807) is 0 Å². The van der Waals surface area contributed by atoms with E-state index < -0.39 is 12.0 Å². The first-order valence-electron chi connectivity index (χ1n) is 7.04. The first-order valence-corrected chi connectivity index (χ1v) is 7.04. The molecule has 0 aliphatic heterocycles. The summed E-state index contributed by atoms with van der Waals surface area (Å²) in [5.41, 5.74) is 1.18. The topological polar surface area (TPSA) is 72.2 Å². The lowest BCUT2D eigenvalue weighted by molar-refractivity contribution is -0.497. The summed E-state index contributed by atoms with van der Waals surface area (Å²) in [6.07, 6.45) is 1.09. The molecule has 0 bridgehead atoms. The van der Waals surface area contributed by atoms with E-state index >= 15 is 0 Å². The summed E-state index contributed by atoms with van der Waals surface area (Å²) in [7, 11) is 0. The van der Waals surface area contributed by atoms with Gasteiger partial charge in [0.15, 0.2) is 0 Å². The Bertz CT molecular complexity index is 693. The highest BCUT2D eigenvalue weighted by molar-refractivity contribution is 5.86. The van der Waals surface area contributed by atoms with Crippen molar-refractivity contribution in [3.05, 3.63) is 58.1 Å². The minimum atomic E-state index is -0.678. The zero-order chi connectivity index (χ0) is 14.8. The summed E-state index contributed by atoms with van der Waals surface area (Å²) in [5, 5.41) is 15.7. The van der Waals surface area contributed by atoms with E-state index in [-0.39, 0.29) is 10.8 Å². The standard InChI is InChI=1S/C16H16N2O3/c19-16(14-10-15(14)18(20)21)17-9-8-12-6-3-5-11-4-1-2-7-13(11)12/h1-7,14-15H,8-10H2,(H,17,19)/t14-,15+/m1/s1. The van der Waals surface area contributed by atoms with E-state index in [2.05, 4.69) is 23.5 Å². The molecule has 0 saturated heterocycles. The first kappa shape index (κ1) is 13.5. The molecule has 0 unspecified atom stereocenters. The summed E-state index contributed by atoms with van der Waals surface area (Å²) in [6.45, 7) is 0.508. The first-order chi connectivity index (χ1) is 10.2. The van der Waals surface area contributed by atoms with Crippen molar-refractivity contribution in [2.45, 2.75) is 18.9 Å². The van der Waals surface area contributed by atoms with Gasteiger partial charge in [0.1, 0.15) is 5.92 Å². The quantitative estimate of drug-likeness (QED) is 0.675. The van der Waals surface area contributed by atoms with Gasteiger partial charge in [0.25, 0.3) is 0 Å². The molecule has 0 aromatic heterocycles. The minimum absolute atomic E-state index is 0.197. The van der Waals surface area contributed by atoms with E-state index in [0.29, 0.717) is 13.0 Å². The largest absolute Gasteiger partial charge is 0.355 e. The molecular formula is C16H16N2O3. The zero-order valence-corrected chi connectivity index (χ0v) is 11.5. The molecule has 0 radical (unpaired) electrons. The Labute approximate surface area is 122 Å². The van der Waals surface area contributed by atoms with Gasteiger partial charge in [-0.25, -0.2) is 0 Å². The molecule has 2 aromatic rings. The van der Waals surface area contributed by atoms with Crippen LogP contribution in [0.5, 0.6) is 0 Å². The predicted octanol–water partition coefficient (Wildman–Crippen LogP) is 2.16. The molecule has 0 heterocycles. The Morgan fingerprint density at radius 1 is 1.24 bits per heavy atom. The van der Waals surface area contributed by atoms with Crippen molar-refractivity contribution in [1.82, 2.24) is 5.32 Å². The van der Waals surface area contributed by atoms with Crippen molar-refractivity contribution in [3.63, 3.8) is 0 Å². The van der Waals surface area contributed by atoms with E-state index in [0.717, 1.165) is 6.42 Å². The molecule has 1 saturated carbocycles. The Morgan fingerprint density at radius 2 is 2.00 bits per heavy atom. The number of hydrogen-bond acceptors (Lipinski definition) is 3. The summed E-state index contributed by atoms with van der Waals surface area (Å²) < 4.78 is 0. The minimum Gasteiger partial charge on any atom is -0.355 e. The van der Waals surface area contributed by atoms with E-state index in [4.69, 9.17) is 0 Å².